The summed E-state index contributed by atoms with van der Waals surface area (Å²) in [7, 11) is 0. The molecule has 0 spiro atoms. The third-order valence-corrected chi connectivity index (χ3v) is 4.58. The second-order valence-corrected chi connectivity index (χ2v) is 8.27. The van der Waals surface area contributed by atoms with Crippen molar-refractivity contribution in [3.8, 4) is 5.75 Å². The third-order valence-electron chi connectivity index (χ3n) is 4.58. The van der Waals surface area contributed by atoms with Gasteiger partial charge in [-0.25, -0.2) is 0 Å². The number of benzene rings is 1. The molecule has 0 amide bonds. The van der Waals surface area contributed by atoms with Crippen LogP contribution >= 0.6 is 0 Å². The van der Waals surface area contributed by atoms with Crippen molar-refractivity contribution in [3.05, 3.63) is 34.9 Å². The molecule has 2 rings (SSSR count). The fraction of sp³-hybridized carbons (Fsp3) is 0.571. The van der Waals surface area contributed by atoms with Crippen LogP contribution in [-0.2, 0) is 16.6 Å². The molecule has 0 fully saturated rings. The number of allylic oxidation sites excluding steroid dienone is 2. The van der Waals surface area contributed by atoms with E-state index >= 15 is 0 Å². The van der Waals surface area contributed by atoms with E-state index < -0.39 is 0 Å². The van der Waals surface area contributed by atoms with Gasteiger partial charge in [0.15, 0.2) is 0 Å². The van der Waals surface area contributed by atoms with Gasteiger partial charge in [-0.05, 0) is 59.9 Å². The summed E-state index contributed by atoms with van der Waals surface area (Å²) in [5.74, 6) is 1.03. The summed E-state index contributed by atoms with van der Waals surface area (Å²) >= 11 is 0. The Bertz CT molecular complexity index is 643. The van der Waals surface area contributed by atoms with E-state index in [0.717, 1.165) is 17.7 Å². The van der Waals surface area contributed by atoms with Gasteiger partial charge in [-0.1, -0.05) is 40.7 Å². The molecule has 0 aromatic heterocycles. The highest BCUT2D eigenvalue weighted by atomic mass is 16.5. The largest absolute Gasteiger partial charge is 0.494 e. The first-order chi connectivity index (χ1) is 10.6. The van der Waals surface area contributed by atoms with Crippen molar-refractivity contribution in [1.82, 2.24) is 0 Å². The van der Waals surface area contributed by atoms with Crippen LogP contribution in [0.3, 0.4) is 0 Å². The van der Waals surface area contributed by atoms with Crippen molar-refractivity contribution in [2.75, 3.05) is 6.61 Å². The average Bonchev–Trinajstić information content (AvgIpc) is 2.38. The lowest BCUT2D eigenvalue weighted by Crippen LogP contribution is -2.25. The maximum Gasteiger partial charge on any atom is 0.134 e. The van der Waals surface area contributed by atoms with Crippen LogP contribution in [0.1, 0.15) is 71.6 Å². The van der Waals surface area contributed by atoms with E-state index in [4.69, 9.17) is 4.74 Å². The Morgan fingerprint density at radius 3 is 2.43 bits per heavy atom. The van der Waals surface area contributed by atoms with Crippen molar-refractivity contribution in [1.29, 1.82) is 0 Å². The molecular weight excluding hydrogens is 284 g/mol. The van der Waals surface area contributed by atoms with E-state index in [1.165, 1.54) is 16.7 Å². The first-order valence-electron chi connectivity index (χ1n) is 8.57. The van der Waals surface area contributed by atoms with Gasteiger partial charge in [0, 0.05) is 12.0 Å². The van der Waals surface area contributed by atoms with Gasteiger partial charge in [-0.15, -0.1) is 0 Å². The third kappa shape index (κ3) is 3.68. The second kappa shape index (κ2) is 6.14. The predicted octanol–water partition coefficient (Wildman–Crippen LogP) is 5.33. The quantitative estimate of drug-likeness (QED) is 0.751. The Hall–Kier alpha value is -1.57. The van der Waals surface area contributed by atoms with Crippen LogP contribution in [0.4, 0.5) is 0 Å². The van der Waals surface area contributed by atoms with Gasteiger partial charge in [0.25, 0.3) is 0 Å². The average molecular weight is 314 g/mol. The minimum atomic E-state index is 0.0880. The summed E-state index contributed by atoms with van der Waals surface area (Å²) in [4.78, 5) is 11.7. The Morgan fingerprint density at radius 2 is 1.91 bits per heavy atom. The Labute approximate surface area is 140 Å². The molecule has 0 N–H and O–H groups in total. The number of Topliss-reactive ketones (excluding diaryl/α,β-unsaturated/α-hetero) is 1. The molecule has 0 heterocycles. The van der Waals surface area contributed by atoms with Gasteiger partial charge in [-0.3, -0.25) is 4.79 Å². The maximum atomic E-state index is 11.7. The molecular formula is C21H30O2. The number of ether oxygens (including phenoxy) is 1. The van der Waals surface area contributed by atoms with Crippen LogP contribution in [0.5, 0.6) is 5.75 Å². The second-order valence-electron chi connectivity index (χ2n) is 8.27. The minimum absolute atomic E-state index is 0.0880. The lowest BCUT2D eigenvalue weighted by Gasteiger charge is -2.37. The van der Waals surface area contributed by atoms with Crippen LogP contribution in [-0.4, -0.2) is 12.4 Å². The van der Waals surface area contributed by atoms with Gasteiger partial charge in [0.1, 0.15) is 11.5 Å². The van der Waals surface area contributed by atoms with Crippen molar-refractivity contribution >= 4 is 11.4 Å². The van der Waals surface area contributed by atoms with Crippen LogP contribution in [0.25, 0.3) is 5.57 Å². The zero-order valence-corrected chi connectivity index (χ0v) is 15.7. The van der Waals surface area contributed by atoms with Crippen LogP contribution in [0.2, 0.25) is 0 Å². The van der Waals surface area contributed by atoms with Gasteiger partial charge in [-0.2, -0.15) is 0 Å². The Balaban J connectivity index is 2.68. The van der Waals surface area contributed by atoms with Crippen molar-refractivity contribution < 1.29 is 9.53 Å². The molecule has 0 saturated heterocycles. The predicted molar refractivity (Wildman–Crippen MR) is 97.1 cm³/mol. The fourth-order valence-corrected chi connectivity index (χ4v) is 3.39. The summed E-state index contributed by atoms with van der Waals surface area (Å²) in [6, 6.07) is 4.37. The van der Waals surface area contributed by atoms with E-state index in [1.807, 2.05) is 6.92 Å². The smallest absolute Gasteiger partial charge is 0.134 e. The molecule has 2 nitrogen and oxygen atoms in total. The molecule has 126 valence electrons. The topological polar surface area (TPSA) is 26.3 Å². The van der Waals surface area contributed by atoms with Gasteiger partial charge >= 0.3 is 0 Å². The summed E-state index contributed by atoms with van der Waals surface area (Å²) in [6.45, 7) is 15.6. The van der Waals surface area contributed by atoms with Gasteiger partial charge in [0.05, 0.1) is 6.61 Å². The Kier molecular flexibility index (Phi) is 4.75. The number of rotatable bonds is 4. The van der Waals surface area contributed by atoms with E-state index in [1.54, 1.807) is 6.92 Å². The summed E-state index contributed by atoms with van der Waals surface area (Å²) in [5.41, 5.74) is 5.18. The SMILES string of the molecule is CCOc1cc2c(cc1CC(C)=O)C(C(C)(C)C)=CCC2(C)C. The normalized spacial score (nSPS) is 16.6. The fourth-order valence-electron chi connectivity index (χ4n) is 3.39. The van der Waals surface area contributed by atoms with Crippen molar-refractivity contribution in [3.63, 3.8) is 0 Å². The first-order valence-corrected chi connectivity index (χ1v) is 8.57. The highest BCUT2D eigenvalue weighted by molar-refractivity contribution is 5.81. The lowest BCUT2D eigenvalue weighted by molar-refractivity contribution is -0.116. The minimum Gasteiger partial charge on any atom is -0.494 e. The van der Waals surface area contributed by atoms with Crippen molar-refractivity contribution in [2.45, 2.75) is 66.7 Å². The molecule has 1 aromatic carbocycles. The molecule has 0 bridgehead atoms. The van der Waals surface area contributed by atoms with Crippen molar-refractivity contribution in [2.24, 2.45) is 5.41 Å². The molecule has 0 unspecified atom stereocenters. The van der Waals surface area contributed by atoms with E-state index in [-0.39, 0.29) is 16.6 Å². The zero-order valence-electron chi connectivity index (χ0n) is 15.7. The summed E-state index contributed by atoms with van der Waals surface area (Å²) in [6.07, 6.45) is 3.84. The number of hydrogen-bond acceptors (Lipinski definition) is 2. The van der Waals surface area contributed by atoms with Crippen LogP contribution in [0, 0.1) is 5.41 Å². The molecule has 23 heavy (non-hydrogen) atoms. The zero-order chi connectivity index (χ0) is 17.4. The van der Waals surface area contributed by atoms with Gasteiger partial charge < -0.3 is 4.74 Å². The molecule has 0 atom stereocenters. The molecule has 1 aromatic rings. The van der Waals surface area contributed by atoms with Crippen LogP contribution in [0.15, 0.2) is 18.2 Å². The lowest BCUT2D eigenvalue weighted by atomic mass is 9.68. The highest BCUT2D eigenvalue weighted by Crippen LogP contribution is 2.47. The molecule has 2 heteroatoms. The number of carbonyl (C=O) groups is 1. The molecule has 0 saturated carbocycles. The number of hydrogen-bond donors (Lipinski definition) is 0. The number of carbonyl (C=O) groups excluding carboxylic acids is 1. The first kappa shape index (κ1) is 17.8. The molecule has 0 aliphatic heterocycles. The Morgan fingerprint density at radius 1 is 1.26 bits per heavy atom. The number of ketones is 1. The monoisotopic (exact) mass is 314 g/mol. The number of fused-ring (bicyclic) bond motifs is 1. The van der Waals surface area contributed by atoms with E-state index in [2.05, 4.69) is 52.8 Å². The summed E-state index contributed by atoms with van der Waals surface area (Å²) < 4.78 is 5.85. The van der Waals surface area contributed by atoms with E-state index in [0.29, 0.717) is 13.0 Å². The standard InChI is InChI=1S/C21H30O2/c1-8-23-19-13-18-16(12-15(19)11-14(2)22)17(20(3,4)5)9-10-21(18,6)7/h9,12-13H,8,10-11H2,1-7H3. The molecule has 1 aliphatic carbocycles. The summed E-state index contributed by atoms with van der Waals surface area (Å²) in [5, 5.41) is 0. The molecule has 1 aliphatic rings. The maximum absolute atomic E-state index is 11.7. The van der Waals surface area contributed by atoms with E-state index in [9.17, 15) is 4.79 Å². The van der Waals surface area contributed by atoms with Gasteiger partial charge in [0.2, 0.25) is 0 Å². The molecule has 0 radical (unpaired) electrons. The van der Waals surface area contributed by atoms with Crippen LogP contribution < -0.4 is 4.74 Å². The highest BCUT2D eigenvalue weighted by Gasteiger charge is 2.33.